The van der Waals surface area contributed by atoms with Crippen LogP contribution in [-0.4, -0.2) is 79.8 Å². The van der Waals surface area contributed by atoms with E-state index in [0.29, 0.717) is 17.7 Å². The van der Waals surface area contributed by atoms with Gasteiger partial charge in [0, 0.05) is 45.3 Å². The Morgan fingerprint density at radius 1 is 1.25 bits per heavy atom. The van der Waals surface area contributed by atoms with E-state index in [0.717, 1.165) is 51.0 Å². The van der Waals surface area contributed by atoms with Gasteiger partial charge in [0.15, 0.2) is 5.96 Å². The molecule has 0 radical (unpaired) electrons. The van der Waals surface area contributed by atoms with Gasteiger partial charge in [-0.25, -0.2) is 4.99 Å². The van der Waals surface area contributed by atoms with Crippen LogP contribution in [0.5, 0.6) is 0 Å². The first-order valence-electron chi connectivity index (χ1n) is 10.5. The number of likely N-dealkylation sites (N-methyl/N-ethyl adjacent to an activating group) is 1. The Morgan fingerprint density at radius 2 is 1.93 bits per heavy atom. The molecule has 0 saturated carbocycles. The van der Waals surface area contributed by atoms with Crippen LogP contribution >= 0.6 is 0 Å². The van der Waals surface area contributed by atoms with Crippen LogP contribution in [0.2, 0.25) is 0 Å². The van der Waals surface area contributed by atoms with Crippen molar-refractivity contribution in [1.82, 2.24) is 20.4 Å². The van der Waals surface area contributed by atoms with Crippen LogP contribution in [0.3, 0.4) is 0 Å². The van der Waals surface area contributed by atoms with Gasteiger partial charge in [-0.3, -0.25) is 4.90 Å². The van der Waals surface area contributed by atoms with Gasteiger partial charge in [0.25, 0.3) is 0 Å². The third kappa shape index (κ3) is 6.50. The van der Waals surface area contributed by atoms with Crippen LogP contribution in [0.15, 0.2) is 21.5 Å². The number of guanidine groups is 1. The van der Waals surface area contributed by atoms with Crippen molar-refractivity contribution in [2.24, 2.45) is 10.9 Å². The summed E-state index contributed by atoms with van der Waals surface area (Å²) in [7, 11) is 2.18. The number of nitrogens with zero attached hydrogens (tertiary/aromatic N) is 3. The first-order chi connectivity index (χ1) is 13.2. The minimum atomic E-state index is -1.13. The molecule has 0 amide bonds. The number of hydrogen-bond acceptors (Lipinski definition) is 5. The van der Waals surface area contributed by atoms with Crippen molar-refractivity contribution in [2.75, 3.05) is 52.9 Å². The van der Waals surface area contributed by atoms with E-state index in [1.807, 2.05) is 26.0 Å². The van der Waals surface area contributed by atoms with Gasteiger partial charge in [-0.2, -0.15) is 0 Å². The maximum Gasteiger partial charge on any atom is 0.191 e. The number of rotatable bonds is 8. The summed E-state index contributed by atoms with van der Waals surface area (Å²) < 4.78 is 5.59. The zero-order valence-corrected chi connectivity index (χ0v) is 18.5. The van der Waals surface area contributed by atoms with E-state index < -0.39 is 5.60 Å². The molecule has 2 unspecified atom stereocenters. The predicted molar refractivity (Wildman–Crippen MR) is 115 cm³/mol. The number of aliphatic imine (C=N–C) groups is 1. The number of furan rings is 1. The molecule has 0 spiro atoms. The summed E-state index contributed by atoms with van der Waals surface area (Å²) >= 11 is 0. The molecule has 2 heterocycles. The molecule has 1 aliphatic heterocycles. The number of piperazine rings is 1. The molecule has 2 atom stereocenters. The van der Waals surface area contributed by atoms with E-state index in [1.165, 1.54) is 0 Å². The topological polar surface area (TPSA) is 76.3 Å². The van der Waals surface area contributed by atoms with E-state index >= 15 is 0 Å². The molecule has 7 nitrogen and oxygen atoms in total. The Morgan fingerprint density at radius 3 is 2.46 bits per heavy atom. The van der Waals surface area contributed by atoms with Crippen LogP contribution in [0.4, 0.5) is 0 Å². The molecular weight excluding hydrogens is 354 g/mol. The maximum absolute atomic E-state index is 10.7. The lowest BCUT2D eigenvalue weighted by Crippen LogP contribution is -2.55. The highest BCUT2D eigenvalue weighted by atomic mass is 16.4. The Kier molecular flexibility index (Phi) is 8.34. The van der Waals surface area contributed by atoms with E-state index in [4.69, 9.17) is 4.42 Å². The fourth-order valence-electron chi connectivity index (χ4n) is 3.52. The molecule has 0 aromatic carbocycles. The van der Waals surface area contributed by atoms with Crippen molar-refractivity contribution in [2.45, 2.75) is 46.3 Å². The molecule has 3 N–H and O–H groups in total. The Bertz CT molecular complexity index is 618. The zero-order valence-electron chi connectivity index (χ0n) is 18.5. The lowest BCUT2D eigenvalue weighted by Gasteiger charge is -2.40. The first kappa shape index (κ1) is 22.7. The van der Waals surface area contributed by atoms with Gasteiger partial charge in [-0.05, 0) is 45.9 Å². The monoisotopic (exact) mass is 393 g/mol. The second-order valence-corrected chi connectivity index (χ2v) is 8.41. The van der Waals surface area contributed by atoms with Gasteiger partial charge in [-0.15, -0.1) is 0 Å². The molecule has 7 heteroatoms. The Hall–Kier alpha value is -1.57. The van der Waals surface area contributed by atoms with E-state index in [9.17, 15) is 5.11 Å². The van der Waals surface area contributed by atoms with Crippen LogP contribution < -0.4 is 10.6 Å². The molecular formula is C21H39N5O2. The highest BCUT2D eigenvalue weighted by Gasteiger charge is 2.28. The second-order valence-electron chi connectivity index (χ2n) is 8.41. The molecule has 28 heavy (non-hydrogen) atoms. The van der Waals surface area contributed by atoms with Gasteiger partial charge in [0.2, 0.25) is 0 Å². The highest BCUT2D eigenvalue weighted by Crippen LogP contribution is 2.23. The largest absolute Gasteiger partial charge is 0.463 e. The third-order valence-electron chi connectivity index (χ3n) is 5.42. The van der Waals surface area contributed by atoms with Crippen LogP contribution in [-0.2, 0) is 5.60 Å². The zero-order chi connectivity index (χ0) is 20.7. The van der Waals surface area contributed by atoms with Gasteiger partial charge in [0.05, 0.1) is 6.54 Å². The normalized spacial score (nSPS) is 20.2. The summed E-state index contributed by atoms with van der Waals surface area (Å²) in [6, 6.07) is 4.12. The minimum Gasteiger partial charge on any atom is -0.463 e. The Balaban J connectivity index is 1.99. The summed E-state index contributed by atoms with van der Waals surface area (Å²) in [5.41, 5.74) is -1.13. The van der Waals surface area contributed by atoms with Crippen molar-refractivity contribution < 1.29 is 9.52 Å². The van der Waals surface area contributed by atoms with Crippen LogP contribution in [0, 0.1) is 12.8 Å². The average Bonchev–Trinajstić information content (AvgIpc) is 3.08. The smallest absolute Gasteiger partial charge is 0.191 e. The maximum atomic E-state index is 10.7. The molecule has 1 aromatic rings. The molecule has 1 aliphatic rings. The standard InChI is InChI=1S/C21H39N5O2/c1-7-22-20(24-15-21(5,27)19-9-8-17(4)28-19)23-14-18(16(2)3)26-12-10-25(6)11-13-26/h8-9,16,18,27H,7,10-15H2,1-6H3,(H2,22,23,24). The molecule has 2 rings (SSSR count). The van der Waals surface area contributed by atoms with E-state index in [1.54, 1.807) is 6.92 Å². The number of aryl methyl sites for hydroxylation is 1. The van der Waals surface area contributed by atoms with E-state index in [-0.39, 0.29) is 6.54 Å². The fourth-order valence-corrected chi connectivity index (χ4v) is 3.52. The molecule has 160 valence electrons. The summed E-state index contributed by atoms with van der Waals surface area (Å²) in [4.78, 5) is 9.57. The van der Waals surface area contributed by atoms with Crippen LogP contribution in [0.1, 0.15) is 39.2 Å². The van der Waals surface area contributed by atoms with Crippen molar-refractivity contribution >= 4 is 5.96 Å². The summed E-state index contributed by atoms with van der Waals surface area (Å²) in [6.45, 7) is 16.5. The number of aliphatic hydroxyl groups is 1. The quantitative estimate of drug-likeness (QED) is 0.460. The first-order valence-corrected chi connectivity index (χ1v) is 10.5. The molecule has 1 aromatic heterocycles. The highest BCUT2D eigenvalue weighted by molar-refractivity contribution is 5.79. The fraction of sp³-hybridized carbons (Fsp3) is 0.762. The number of nitrogens with one attached hydrogen (secondary N) is 2. The molecule has 0 bridgehead atoms. The van der Waals surface area contributed by atoms with Crippen molar-refractivity contribution in [1.29, 1.82) is 0 Å². The molecule has 1 fully saturated rings. The minimum absolute atomic E-state index is 0.232. The van der Waals surface area contributed by atoms with Crippen molar-refractivity contribution in [3.63, 3.8) is 0 Å². The summed E-state index contributed by atoms with van der Waals surface area (Å²) in [5, 5.41) is 17.5. The predicted octanol–water partition coefficient (Wildman–Crippen LogP) is 1.62. The lowest BCUT2D eigenvalue weighted by atomic mass is 10.0. The van der Waals surface area contributed by atoms with Gasteiger partial charge < -0.3 is 25.1 Å². The second kappa shape index (κ2) is 10.3. The lowest BCUT2D eigenvalue weighted by molar-refractivity contribution is 0.0428. The SMILES string of the molecule is CCNC(=NCC(C)(O)c1ccc(C)o1)NCC(C(C)C)N1CCN(C)CC1. The average molecular weight is 394 g/mol. The van der Waals surface area contributed by atoms with Gasteiger partial charge >= 0.3 is 0 Å². The van der Waals surface area contributed by atoms with Crippen molar-refractivity contribution in [3.05, 3.63) is 23.7 Å². The summed E-state index contributed by atoms with van der Waals surface area (Å²) in [6.07, 6.45) is 0. The molecule has 1 saturated heterocycles. The van der Waals surface area contributed by atoms with Gasteiger partial charge in [-0.1, -0.05) is 13.8 Å². The van der Waals surface area contributed by atoms with Crippen LogP contribution in [0.25, 0.3) is 0 Å². The van der Waals surface area contributed by atoms with Gasteiger partial charge in [0.1, 0.15) is 17.1 Å². The molecule has 0 aliphatic carbocycles. The summed E-state index contributed by atoms with van der Waals surface area (Å²) in [5.74, 6) is 2.61. The third-order valence-corrected chi connectivity index (χ3v) is 5.42. The van der Waals surface area contributed by atoms with Crippen molar-refractivity contribution in [3.8, 4) is 0 Å². The number of hydrogen-bond donors (Lipinski definition) is 3. The Labute approximate surface area is 170 Å². The van der Waals surface area contributed by atoms with E-state index in [2.05, 4.69) is 46.3 Å².